The number of hydrogen-bond donors (Lipinski definition) is 2. The van der Waals surface area contributed by atoms with Crippen molar-refractivity contribution in [2.75, 3.05) is 46.4 Å². The van der Waals surface area contributed by atoms with Gasteiger partial charge in [-0.1, -0.05) is 20.3 Å². The second-order valence-electron chi connectivity index (χ2n) is 9.05. The number of rotatable bonds is 5. The zero-order valence-electron chi connectivity index (χ0n) is 17.1. The molecule has 2 saturated heterocycles. The molecule has 6 nitrogen and oxygen atoms in total. The molecule has 27 heavy (non-hydrogen) atoms. The van der Waals surface area contributed by atoms with Crippen LogP contribution in [0.25, 0.3) is 0 Å². The van der Waals surface area contributed by atoms with Crippen molar-refractivity contribution in [3.8, 4) is 0 Å². The van der Waals surface area contributed by atoms with E-state index in [4.69, 9.17) is 9.47 Å². The van der Waals surface area contributed by atoms with Crippen LogP contribution in [-0.4, -0.2) is 75.5 Å². The minimum Gasteiger partial charge on any atom is -0.377 e. The third kappa shape index (κ3) is 4.26. The van der Waals surface area contributed by atoms with E-state index in [1.165, 1.54) is 25.7 Å². The van der Waals surface area contributed by atoms with Gasteiger partial charge in [0.15, 0.2) is 5.96 Å². The third-order valence-corrected chi connectivity index (χ3v) is 6.90. The number of fused-ring (bicyclic) bond motifs is 2. The normalized spacial score (nSPS) is 35.2. The Kier molecular flexibility index (Phi) is 7.30. The van der Waals surface area contributed by atoms with Crippen LogP contribution in [0.3, 0.4) is 0 Å². The number of ether oxygens (including phenoxy) is 2. The zero-order chi connectivity index (χ0) is 18.1. The lowest BCUT2D eigenvalue weighted by molar-refractivity contribution is -0.171. The van der Waals surface area contributed by atoms with Gasteiger partial charge < -0.3 is 20.1 Å². The van der Waals surface area contributed by atoms with E-state index < -0.39 is 0 Å². The standard InChI is InChI=1S/C20H36N4O2.HI/c1-14(2)12-24-8-10-25-15(13-24)11-22-19(21-3)23-17-16-5-9-26-18(16)20(17)6-4-7-20;/h14-18H,4-13H2,1-3H3,(H2,21,22,23);1H. The molecule has 2 aliphatic carbocycles. The Morgan fingerprint density at radius 3 is 2.74 bits per heavy atom. The molecule has 0 aromatic heterocycles. The highest BCUT2D eigenvalue weighted by Gasteiger charge is 2.66. The molecule has 2 aliphatic heterocycles. The highest BCUT2D eigenvalue weighted by molar-refractivity contribution is 14.0. The van der Waals surface area contributed by atoms with Crippen molar-refractivity contribution in [1.82, 2.24) is 15.5 Å². The Labute approximate surface area is 181 Å². The van der Waals surface area contributed by atoms with E-state index in [-0.39, 0.29) is 30.1 Å². The maximum atomic E-state index is 6.03. The van der Waals surface area contributed by atoms with Gasteiger partial charge in [0.2, 0.25) is 0 Å². The molecule has 4 aliphatic rings. The molecule has 2 heterocycles. The fourth-order valence-electron chi connectivity index (χ4n) is 5.59. The molecular formula is C20H37IN4O2. The van der Waals surface area contributed by atoms with Gasteiger partial charge in [0, 0.05) is 57.2 Å². The lowest BCUT2D eigenvalue weighted by atomic mass is 9.46. The fourth-order valence-corrected chi connectivity index (χ4v) is 5.59. The van der Waals surface area contributed by atoms with E-state index >= 15 is 0 Å². The summed E-state index contributed by atoms with van der Waals surface area (Å²) in [6, 6.07) is 0.527. The number of nitrogens with zero attached hydrogens (tertiary/aromatic N) is 2. The molecule has 4 unspecified atom stereocenters. The van der Waals surface area contributed by atoms with E-state index in [2.05, 4.69) is 34.4 Å². The molecule has 2 N–H and O–H groups in total. The van der Waals surface area contributed by atoms with Gasteiger partial charge in [0.25, 0.3) is 0 Å². The van der Waals surface area contributed by atoms with Crippen molar-refractivity contribution in [2.45, 2.75) is 57.8 Å². The average Bonchev–Trinajstić information content (AvgIpc) is 2.98. The van der Waals surface area contributed by atoms with Crippen molar-refractivity contribution >= 4 is 29.9 Å². The van der Waals surface area contributed by atoms with Crippen molar-refractivity contribution in [2.24, 2.45) is 22.2 Å². The third-order valence-electron chi connectivity index (χ3n) is 6.90. The van der Waals surface area contributed by atoms with E-state index in [1.807, 2.05) is 7.05 Å². The van der Waals surface area contributed by atoms with Gasteiger partial charge in [-0.15, -0.1) is 24.0 Å². The van der Waals surface area contributed by atoms with Crippen molar-refractivity contribution in [3.63, 3.8) is 0 Å². The van der Waals surface area contributed by atoms with Gasteiger partial charge in [0.1, 0.15) is 0 Å². The first-order valence-corrected chi connectivity index (χ1v) is 10.5. The smallest absolute Gasteiger partial charge is 0.191 e. The summed E-state index contributed by atoms with van der Waals surface area (Å²) in [5.74, 6) is 2.30. The second kappa shape index (κ2) is 9.13. The number of nitrogens with one attached hydrogen (secondary N) is 2. The first-order chi connectivity index (χ1) is 12.6. The number of halogens is 1. The van der Waals surface area contributed by atoms with Crippen molar-refractivity contribution in [1.29, 1.82) is 0 Å². The Balaban J connectivity index is 0.00000210. The molecule has 7 heteroatoms. The molecule has 0 aromatic rings. The van der Waals surface area contributed by atoms with Crippen molar-refractivity contribution in [3.05, 3.63) is 0 Å². The lowest BCUT2D eigenvalue weighted by Gasteiger charge is -2.63. The summed E-state index contributed by atoms with van der Waals surface area (Å²) in [6.45, 7) is 10.4. The Morgan fingerprint density at radius 1 is 1.26 bits per heavy atom. The minimum atomic E-state index is 0. The molecule has 4 fully saturated rings. The van der Waals surface area contributed by atoms with Gasteiger partial charge in [-0.3, -0.25) is 9.89 Å². The van der Waals surface area contributed by atoms with Crippen molar-refractivity contribution < 1.29 is 9.47 Å². The number of hydrogen-bond acceptors (Lipinski definition) is 4. The molecule has 0 radical (unpaired) electrons. The monoisotopic (exact) mass is 492 g/mol. The summed E-state index contributed by atoms with van der Waals surface area (Å²) in [7, 11) is 1.87. The van der Waals surface area contributed by atoms with Gasteiger partial charge in [-0.25, -0.2) is 0 Å². The predicted molar refractivity (Wildman–Crippen MR) is 119 cm³/mol. The largest absolute Gasteiger partial charge is 0.377 e. The Morgan fingerprint density at radius 2 is 2.07 bits per heavy atom. The predicted octanol–water partition coefficient (Wildman–Crippen LogP) is 2.08. The number of morpholine rings is 1. The summed E-state index contributed by atoms with van der Waals surface area (Å²) in [5, 5.41) is 7.26. The van der Waals surface area contributed by atoms with Gasteiger partial charge in [-0.2, -0.15) is 0 Å². The van der Waals surface area contributed by atoms with E-state index in [0.717, 1.165) is 45.4 Å². The molecule has 0 bridgehead atoms. The molecule has 4 rings (SSSR count). The number of aliphatic imine (C=N–C) groups is 1. The van der Waals surface area contributed by atoms with Crippen LogP contribution in [0.1, 0.15) is 39.5 Å². The maximum absolute atomic E-state index is 6.03. The van der Waals surface area contributed by atoms with Crippen LogP contribution in [0.5, 0.6) is 0 Å². The summed E-state index contributed by atoms with van der Waals surface area (Å²) < 4.78 is 12.0. The van der Waals surface area contributed by atoms with Crippen LogP contribution in [0, 0.1) is 17.3 Å². The average molecular weight is 492 g/mol. The Hall–Kier alpha value is -0.120. The zero-order valence-corrected chi connectivity index (χ0v) is 19.4. The lowest BCUT2D eigenvalue weighted by Crippen LogP contribution is -2.72. The van der Waals surface area contributed by atoms with Crippen LogP contribution >= 0.6 is 24.0 Å². The molecule has 156 valence electrons. The van der Waals surface area contributed by atoms with Crippen LogP contribution in [0.2, 0.25) is 0 Å². The molecule has 0 aromatic carbocycles. The van der Waals surface area contributed by atoms with Crippen LogP contribution in [0.15, 0.2) is 4.99 Å². The molecule has 2 saturated carbocycles. The second-order valence-corrected chi connectivity index (χ2v) is 9.05. The minimum absolute atomic E-state index is 0. The molecule has 4 atom stereocenters. The first kappa shape index (κ1) is 21.6. The van der Waals surface area contributed by atoms with Gasteiger partial charge >= 0.3 is 0 Å². The maximum Gasteiger partial charge on any atom is 0.191 e. The van der Waals surface area contributed by atoms with Crippen LogP contribution < -0.4 is 10.6 Å². The molecule has 0 amide bonds. The summed E-state index contributed by atoms with van der Waals surface area (Å²) in [4.78, 5) is 7.00. The quantitative estimate of drug-likeness (QED) is 0.350. The summed E-state index contributed by atoms with van der Waals surface area (Å²) in [6.07, 6.45) is 5.88. The fraction of sp³-hybridized carbons (Fsp3) is 0.950. The molecule has 1 spiro atoms. The van der Waals surface area contributed by atoms with Crippen LogP contribution in [-0.2, 0) is 9.47 Å². The van der Waals surface area contributed by atoms with E-state index in [0.29, 0.717) is 29.4 Å². The summed E-state index contributed by atoms with van der Waals surface area (Å²) in [5.41, 5.74) is 0.383. The van der Waals surface area contributed by atoms with E-state index in [1.54, 1.807) is 0 Å². The van der Waals surface area contributed by atoms with E-state index in [9.17, 15) is 0 Å². The Bertz CT molecular complexity index is 526. The summed E-state index contributed by atoms with van der Waals surface area (Å²) >= 11 is 0. The SMILES string of the molecule is CN=C(NCC1CN(CC(C)C)CCO1)NC1C2CCOC2C12CCC2.I. The van der Waals surface area contributed by atoms with Crippen LogP contribution in [0.4, 0.5) is 0 Å². The number of guanidine groups is 1. The van der Waals surface area contributed by atoms with Gasteiger partial charge in [-0.05, 0) is 25.2 Å². The van der Waals surface area contributed by atoms with Gasteiger partial charge in [0.05, 0.1) is 18.8 Å². The molecular weight excluding hydrogens is 455 g/mol. The highest BCUT2D eigenvalue weighted by Crippen LogP contribution is 2.62. The topological polar surface area (TPSA) is 58.1 Å². The first-order valence-electron chi connectivity index (χ1n) is 10.5. The highest BCUT2D eigenvalue weighted by atomic mass is 127.